The van der Waals surface area contributed by atoms with E-state index in [0.29, 0.717) is 6.54 Å². The van der Waals surface area contributed by atoms with E-state index in [4.69, 9.17) is 5.21 Å². The zero-order valence-corrected chi connectivity index (χ0v) is 7.22. The van der Waals surface area contributed by atoms with Gasteiger partial charge in [0.05, 0.1) is 12.3 Å². The summed E-state index contributed by atoms with van der Waals surface area (Å²) in [5.74, 6) is 0.946. The predicted molar refractivity (Wildman–Crippen MR) is 50.3 cm³/mol. The predicted octanol–water partition coefficient (Wildman–Crippen LogP) is 1.12. The van der Waals surface area contributed by atoms with Crippen LogP contribution in [0.5, 0.6) is 0 Å². The highest BCUT2D eigenvalue weighted by atomic mass is 16.4. The first kappa shape index (κ1) is 8.04. The van der Waals surface area contributed by atoms with E-state index in [0.717, 1.165) is 24.5 Å². The van der Waals surface area contributed by atoms with Crippen LogP contribution in [0.15, 0.2) is 29.6 Å². The lowest BCUT2D eigenvalue weighted by Gasteiger charge is -2.14. The van der Waals surface area contributed by atoms with Crippen molar-refractivity contribution in [2.75, 3.05) is 18.0 Å². The molecule has 13 heavy (non-hydrogen) atoms. The smallest absolute Gasteiger partial charge is 0.128 e. The molecule has 1 N–H and O–H groups in total. The molecule has 2 rings (SSSR count). The lowest BCUT2D eigenvalue weighted by Crippen LogP contribution is -2.20. The van der Waals surface area contributed by atoms with Crippen LogP contribution in [0.2, 0.25) is 0 Å². The van der Waals surface area contributed by atoms with Crippen LogP contribution in [-0.2, 0) is 0 Å². The van der Waals surface area contributed by atoms with E-state index in [1.54, 1.807) is 6.20 Å². The van der Waals surface area contributed by atoms with Crippen LogP contribution in [0.4, 0.5) is 5.82 Å². The van der Waals surface area contributed by atoms with Gasteiger partial charge in [-0.3, -0.25) is 0 Å². The van der Waals surface area contributed by atoms with E-state index >= 15 is 0 Å². The van der Waals surface area contributed by atoms with Gasteiger partial charge < -0.3 is 10.1 Å². The highest BCUT2D eigenvalue weighted by Crippen LogP contribution is 2.14. The van der Waals surface area contributed by atoms with Gasteiger partial charge in [-0.1, -0.05) is 11.2 Å². The summed E-state index contributed by atoms with van der Waals surface area (Å²) in [7, 11) is 0. The molecule has 0 spiro atoms. The standard InChI is InChI=1S/C9H11N3O/c13-11-8-4-6-12(7-8)9-3-1-2-5-10-9/h1-3,5,13H,4,6-7H2/b11-8-. The Bertz CT molecular complexity index is 310. The Morgan fingerprint density at radius 3 is 3.00 bits per heavy atom. The second-order valence-corrected chi connectivity index (χ2v) is 3.03. The van der Waals surface area contributed by atoms with Gasteiger partial charge in [0, 0.05) is 19.2 Å². The summed E-state index contributed by atoms with van der Waals surface area (Å²) >= 11 is 0. The Morgan fingerprint density at radius 2 is 2.38 bits per heavy atom. The molecule has 4 nitrogen and oxygen atoms in total. The van der Waals surface area contributed by atoms with Gasteiger partial charge in [-0.05, 0) is 12.1 Å². The Labute approximate surface area is 76.5 Å². The molecule has 1 aromatic heterocycles. The summed E-state index contributed by atoms with van der Waals surface area (Å²) in [5.41, 5.74) is 0.825. The Kier molecular flexibility index (Phi) is 2.12. The van der Waals surface area contributed by atoms with Crippen molar-refractivity contribution in [1.82, 2.24) is 4.98 Å². The minimum Gasteiger partial charge on any atom is -0.411 e. The van der Waals surface area contributed by atoms with Gasteiger partial charge >= 0.3 is 0 Å². The molecule has 0 aromatic carbocycles. The van der Waals surface area contributed by atoms with Crippen LogP contribution in [-0.4, -0.2) is 29.0 Å². The summed E-state index contributed by atoms with van der Waals surface area (Å²) in [4.78, 5) is 6.31. The number of nitrogens with zero attached hydrogens (tertiary/aromatic N) is 3. The van der Waals surface area contributed by atoms with Crippen LogP contribution in [0, 0.1) is 0 Å². The third-order valence-corrected chi connectivity index (χ3v) is 2.16. The van der Waals surface area contributed by atoms with Crippen LogP contribution in [0.1, 0.15) is 6.42 Å². The van der Waals surface area contributed by atoms with E-state index in [2.05, 4.69) is 15.0 Å². The van der Waals surface area contributed by atoms with Crippen molar-refractivity contribution >= 4 is 11.5 Å². The van der Waals surface area contributed by atoms with Crippen molar-refractivity contribution in [2.24, 2.45) is 5.16 Å². The fourth-order valence-electron chi connectivity index (χ4n) is 1.46. The van der Waals surface area contributed by atoms with Crippen molar-refractivity contribution in [3.8, 4) is 0 Å². The van der Waals surface area contributed by atoms with Crippen LogP contribution < -0.4 is 4.90 Å². The number of anilines is 1. The van der Waals surface area contributed by atoms with Gasteiger partial charge in [0.2, 0.25) is 0 Å². The topological polar surface area (TPSA) is 48.7 Å². The first-order valence-electron chi connectivity index (χ1n) is 4.26. The first-order valence-corrected chi connectivity index (χ1v) is 4.26. The van der Waals surface area contributed by atoms with Gasteiger partial charge in [-0.25, -0.2) is 4.98 Å². The molecule has 0 saturated carbocycles. The fraction of sp³-hybridized carbons (Fsp3) is 0.333. The molecular weight excluding hydrogens is 166 g/mol. The van der Waals surface area contributed by atoms with E-state index in [1.807, 2.05) is 18.2 Å². The maximum absolute atomic E-state index is 8.57. The minimum atomic E-state index is 0.688. The fourth-order valence-corrected chi connectivity index (χ4v) is 1.46. The maximum Gasteiger partial charge on any atom is 0.128 e. The molecule has 0 amide bonds. The summed E-state index contributed by atoms with van der Waals surface area (Å²) in [6.07, 6.45) is 2.59. The molecule has 0 bridgehead atoms. The molecule has 1 fully saturated rings. The molecule has 1 aromatic rings. The molecule has 68 valence electrons. The molecule has 0 radical (unpaired) electrons. The molecule has 1 saturated heterocycles. The van der Waals surface area contributed by atoms with Gasteiger partial charge in [0.1, 0.15) is 5.82 Å². The quantitative estimate of drug-likeness (QED) is 0.516. The molecule has 1 aliphatic rings. The van der Waals surface area contributed by atoms with Gasteiger partial charge in [-0.2, -0.15) is 0 Å². The lowest BCUT2D eigenvalue weighted by atomic mass is 10.3. The molecule has 0 atom stereocenters. The van der Waals surface area contributed by atoms with Crippen LogP contribution in [0.3, 0.4) is 0 Å². The van der Waals surface area contributed by atoms with Crippen LogP contribution in [0.25, 0.3) is 0 Å². The average molecular weight is 177 g/mol. The van der Waals surface area contributed by atoms with E-state index < -0.39 is 0 Å². The molecule has 4 heteroatoms. The van der Waals surface area contributed by atoms with Crippen molar-refractivity contribution < 1.29 is 5.21 Å². The third kappa shape index (κ3) is 1.61. The lowest BCUT2D eigenvalue weighted by molar-refractivity contribution is 0.318. The normalized spacial score (nSPS) is 19.7. The monoisotopic (exact) mass is 177 g/mol. The highest BCUT2D eigenvalue weighted by Gasteiger charge is 2.18. The number of oxime groups is 1. The zero-order valence-electron chi connectivity index (χ0n) is 7.22. The second kappa shape index (κ2) is 3.43. The summed E-state index contributed by atoms with van der Waals surface area (Å²) < 4.78 is 0. The maximum atomic E-state index is 8.57. The number of hydrogen-bond donors (Lipinski definition) is 1. The van der Waals surface area contributed by atoms with E-state index in [9.17, 15) is 0 Å². The number of rotatable bonds is 1. The minimum absolute atomic E-state index is 0.688. The van der Waals surface area contributed by atoms with Crippen molar-refractivity contribution in [2.45, 2.75) is 6.42 Å². The summed E-state index contributed by atoms with van der Waals surface area (Å²) in [6.45, 7) is 1.57. The molecular formula is C9H11N3O. The van der Waals surface area contributed by atoms with Gasteiger partial charge in [-0.15, -0.1) is 0 Å². The number of hydrogen-bond acceptors (Lipinski definition) is 4. The van der Waals surface area contributed by atoms with Gasteiger partial charge in [0.15, 0.2) is 0 Å². The average Bonchev–Trinajstić information content (AvgIpc) is 2.67. The molecule has 1 aliphatic heterocycles. The third-order valence-electron chi connectivity index (χ3n) is 2.16. The van der Waals surface area contributed by atoms with Crippen molar-refractivity contribution in [3.63, 3.8) is 0 Å². The first-order chi connectivity index (χ1) is 6.40. The van der Waals surface area contributed by atoms with Crippen LogP contribution >= 0.6 is 0 Å². The summed E-state index contributed by atoms with van der Waals surface area (Å²) in [5, 5.41) is 11.8. The zero-order chi connectivity index (χ0) is 9.10. The Morgan fingerprint density at radius 1 is 1.46 bits per heavy atom. The SMILES string of the molecule is O/N=C1/CCN(c2ccccn2)C1. The number of aromatic nitrogens is 1. The van der Waals surface area contributed by atoms with Gasteiger partial charge in [0.25, 0.3) is 0 Å². The number of pyridine rings is 1. The largest absolute Gasteiger partial charge is 0.411 e. The molecule has 2 heterocycles. The van der Waals surface area contributed by atoms with Crippen molar-refractivity contribution in [1.29, 1.82) is 0 Å². The second-order valence-electron chi connectivity index (χ2n) is 3.03. The van der Waals surface area contributed by atoms with E-state index in [-0.39, 0.29) is 0 Å². The van der Waals surface area contributed by atoms with Crippen molar-refractivity contribution in [3.05, 3.63) is 24.4 Å². The van der Waals surface area contributed by atoms with E-state index in [1.165, 1.54) is 0 Å². The highest BCUT2D eigenvalue weighted by molar-refractivity contribution is 5.91. The molecule has 0 unspecified atom stereocenters. The molecule has 0 aliphatic carbocycles. The Balaban J connectivity index is 2.13. The Hall–Kier alpha value is -1.58. The summed E-state index contributed by atoms with van der Waals surface area (Å²) in [6, 6.07) is 5.80.